The maximum atomic E-state index is 11.6. The molecule has 0 fully saturated rings. The van der Waals surface area contributed by atoms with Crippen LogP contribution in [0.4, 0.5) is 0 Å². The summed E-state index contributed by atoms with van der Waals surface area (Å²) in [5.74, 6) is -4.00. The zero-order valence-electron chi connectivity index (χ0n) is 13.9. The molecule has 0 unspecified atom stereocenters. The van der Waals surface area contributed by atoms with Gasteiger partial charge in [-0.1, -0.05) is 24.3 Å². The molecule has 8 nitrogen and oxygen atoms in total. The van der Waals surface area contributed by atoms with E-state index in [1.54, 1.807) is 0 Å². The SMILES string of the molecule is COC(=O)C(=Cc1ccc(C=C(C(=O)C=O)C(=O)C=O)cc1)C(=O)OC. The standard InChI is InChI=1S/C18H14O8/c1-25-17(23)14(18(24)26-2)8-12-5-3-11(4-6-12)7-13(15(21)9-19)16(22)10-20/h3-10H,1-2H3. The first-order chi connectivity index (χ1) is 12.4. The van der Waals surface area contributed by atoms with E-state index in [1.807, 2.05) is 0 Å². The molecule has 0 N–H and O–H groups in total. The third-order valence-corrected chi connectivity index (χ3v) is 3.11. The normalized spacial score (nSPS) is 9.31. The monoisotopic (exact) mass is 358 g/mol. The van der Waals surface area contributed by atoms with E-state index >= 15 is 0 Å². The van der Waals surface area contributed by atoms with Gasteiger partial charge in [0.25, 0.3) is 0 Å². The van der Waals surface area contributed by atoms with Gasteiger partial charge in [-0.15, -0.1) is 0 Å². The molecule has 0 radical (unpaired) electrons. The van der Waals surface area contributed by atoms with Crippen LogP contribution in [-0.4, -0.2) is 50.3 Å². The average molecular weight is 358 g/mol. The summed E-state index contributed by atoms with van der Waals surface area (Å²) in [6.07, 6.45) is 2.19. The summed E-state index contributed by atoms with van der Waals surface area (Å²) in [4.78, 5) is 67.2. The topological polar surface area (TPSA) is 121 Å². The molecule has 0 aliphatic heterocycles. The van der Waals surface area contributed by atoms with Gasteiger partial charge in [0.1, 0.15) is 5.57 Å². The van der Waals surface area contributed by atoms with Crippen molar-refractivity contribution in [2.75, 3.05) is 14.2 Å². The first-order valence-electron chi connectivity index (χ1n) is 7.07. The van der Waals surface area contributed by atoms with Gasteiger partial charge in [0.05, 0.1) is 19.8 Å². The van der Waals surface area contributed by atoms with Crippen LogP contribution in [0.2, 0.25) is 0 Å². The van der Waals surface area contributed by atoms with Crippen LogP contribution in [0.5, 0.6) is 0 Å². The van der Waals surface area contributed by atoms with E-state index < -0.39 is 29.1 Å². The lowest BCUT2D eigenvalue weighted by atomic mass is 10.0. The number of rotatable bonds is 8. The Balaban J connectivity index is 3.25. The number of aldehydes is 2. The van der Waals surface area contributed by atoms with E-state index in [9.17, 15) is 28.8 Å². The summed E-state index contributed by atoms with van der Waals surface area (Å²) < 4.78 is 9.01. The second-order valence-electron chi connectivity index (χ2n) is 4.73. The summed E-state index contributed by atoms with van der Waals surface area (Å²) in [5.41, 5.74) is -0.118. The van der Waals surface area contributed by atoms with Crippen molar-refractivity contribution >= 4 is 48.2 Å². The predicted octanol–water partition coefficient (Wildman–Crippen LogP) is 0.335. The van der Waals surface area contributed by atoms with Crippen LogP contribution in [-0.2, 0) is 38.2 Å². The molecular formula is C18H14O8. The predicted molar refractivity (Wildman–Crippen MR) is 88.6 cm³/mol. The van der Waals surface area contributed by atoms with Crippen LogP contribution in [0.3, 0.4) is 0 Å². The number of ketones is 2. The molecule has 1 aromatic rings. The number of methoxy groups -OCH3 is 2. The lowest BCUT2D eigenvalue weighted by molar-refractivity contribution is -0.143. The van der Waals surface area contributed by atoms with Crippen molar-refractivity contribution in [3.05, 3.63) is 46.5 Å². The minimum atomic E-state index is -1.12. The molecule has 0 saturated heterocycles. The fraction of sp³-hybridized carbons (Fsp3) is 0.111. The summed E-state index contributed by atoms with van der Waals surface area (Å²) in [7, 11) is 2.23. The summed E-state index contributed by atoms with van der Waals surface area (Å²) in [6.45, 7) is 0. The lowest BCUT2D eigenvalue weighted by Gasteiger charge is -2.04. The number of carbonyl (C=O) groups is 6. The van der Waals surface area contributed by atoms with Crippen molar-refractivity contribution in [1.82, 2.24) is 0 Å². The van der Waals surface area contributed by atoms with Crippen LogP contribution in [0.25, 0.3) is 12.2 Å². The van der Waals surface area contributed by atoms with Gasteiger partial charge < -0.3 is 9.47 Å². The Kier molecular flexibility index (Phi) is 7.50. The fourth-order valence-corrected chi connectivity index (χ4v) is 1.83. The maximum Gasteiger partial charge on any atom is 0.345 e. The van der Waals surface area contributed by atoms with Crippen LogP contribution in [0.15, 0.2) is 35.4 Å². The average Bonchev–Trinajstić information content (AvgIpc) is 2.68. The third kappa shape index (κ3) is 5.17. The molecule has 26 heavy (non-hydrogen) atoms. The van der Waals surface area contributed by atoms with Gasteiger partial charge in [0.2, 0.25) is 11.6 Å². The molecule has 0 saturated carbocycles. The van der Waals surface area contributed by atoms with E-state index in [4.69, 9.17) is 0 Å². The Labute approximate surface area is 148 Å². The molecule has 0 amide bonds. The van der Waals surface area contributed by atoms with E-state index in [2.05, 4.69) is 9.47 Å². The summed E-state index contributed by atoms with van der Waals surface area (Å²) in [6, 6.07) is 5.86. The number of carbonyl (C=O) groups excluding carboxylic acids is 6. The zero-order valence-corrected chi connectivity index (χ0v) is 13.9. The van der Waals surface area contributed by atoms with Gasteiger partial charge in [-0.3, -0.25) is 19.2 Å². The van der Waals surface area contributed by atoms with Crippen molar-refractivity contribution in [3.8, 4) is 0 Å². The van der Waals surface area contributed by atoms with Gasteiger partial charge in [0.15, 0.2) is 12.6 Å². The molecule has 0 aliphatic carbocycles. The van der Waals surface area contributed by atoms with Crippen molar-refractivity contribution < 1.29 is 38.2 Å². The first-order valence-corrected chi connectivity index (χ1v) is 7.07. The smallest absolute Gasteiger partial charge is 0.345 e. The van der Waals surface area contributed by atoms with Crippen LogP contribution >= 0.6 is 0 Å². The Bertz CT molecular complexity index is 772. The highest BCUT2D eigenvalue weighted by Crippen LogP contribution is 2.14. The zero-order chi connectivity index (χ0) is 19.7. The van der Waals surface area contributed by atoms with Gasteiger partial charge in [-0.2, -0.15) is 0 Å². The number of ether oxygens (including phenoxy) is 2. The minimum absolute atomic E-state index is 0.0661. The summed E-state index contributed by atoms with van der Waals surface area (Å²) in [5, 5.41) is 0. The van der Waals surface area contributed by atoms with E-state index in [0.717, 1.165) is 20.3 Å². The third-order valence-electron chi connectivity index (χ3n) is 3.11. The van der Waals surface area contributed by atoms with Gasteiger partial charge in [0, 0.05) is 0 Å². The minimum Gasteiger partial charge on any atom is -0.465 e. The fourth-order valence-electron chi connectivity index (χ4n) is 1.83. The number of Topliss-reactive ketones (excluding diaryl/α,β-unsaturated/α-hetero) is 2. The molecule has 1 aromatic carbocycles. The quantitative estimate of drug-likeness (QED) is 0.163. The Morgan fingerprint density at radius 3 is 1.35 bits per heavy atom. The molecule has 134 valence electrons. The highest BCUT2D eigenvalue weighted by molar-refractivity contribution is 6.52. The molecule has 0 aromatic heterocycles. The molecule has 0 heterocycles. The van der Waals surface area contributed by atoms with E-state index in [-0.39, 0.29) is 18.1 Å². The van der Waals surface area contributed by atoms with Crippen LogP contribution < -0.4 is 0 Å². The molecule has 0 atom stereocenters. The van der Waals surface area contributed by atoms with Crippen molar-refractivity contribution in [2.45, 2.75) is 0 Å². The number of hydrogen-bond donors (Lipinski definition) is 0. The van der Waals surface area contributed by atoms with Crippen LogP contribution in [0.1, 0.15) is 11.1 Å². The van der Waals surface area contributed by atoms with Crippen molar-refractivity contribution in [3.63, 3.8) is 0 Å². The Morgan fingerprint density at radius 2 is 1.04 bits per heavy atom. The highest BCUT2D eigenvalue weighted by atomic mass is 16.5. The number of allylic oxidation sites excluding steroid dienone is 1. The molecule has 0 spiro atoms. The summed E-state index contributed by atoms with van der Waals surface area (Å²) >= 11 is 0. The van der Waals surface area contributed by atoms with Crippen LogP contribution in [0, 0.1) is 0 Å². The second kappa shape index (κ2) is 9.58. The van der Waals surface area contributed by atoms with Gasteiger partial charge >= 0.3 is 11.9 Å². The molecular weight excluding hydrogens is 344 g/mol. The van der Waals surface area contributed by atoms with E-state index in [1.165, 1.54) is 30.3 Å². The number of hydrogen-bond acceptors (Lipinski definition) is 8. The molecule has 0 aliphatic rings. The Hall–Kier alpha value is -3.68. The van der Waals surface area contributed by atoms with Crippen molar-refractivity contribution in [2.24, 2.45) is 0 Å². The number of esters is 2. The van der Waals surface area contributed by atoms with Gasteiger partial charge in [-0.05, 0) is 23.3 Å². The Morgan fingerprint density at radius 1 is 0.692 bits per heavy atom. The van der Waals surface area contributed by atoms with E-state index in [0.29, 0.717) is 11.1 Å². The maximum absolute atomic E-state index is 11.6. The van der Waals surface area contributed by atoms with Crippen molar-refractivity contribution in [1.29, 1.82) is 0 Å². The molecule has 8 heteroatoms. The second-order valence-corrected chi connectivity index (χ2v) is 4.73. The van der Waals surface area contributed by atoms with Gasteiger partial charge in [-0.25, -0.2) is 9.59 Å². The first kappa shape index (κ1) is 20.4. The molecule has 0 bridgehead atoms. The number of benzene rings is 1. The molecule has 1 rings (SSSR count). The largest absolute Gasteiger partial charge is 0.465 e. The lowest BCUT2D eigenvalue weighted by Crippen LogP contribution is -2.15. The highest BCUT2D eigenvalue weighted by Gasteiger charge is 2.20.